The van der Waals surface area contributed by atoms with E-state index in [2.05, 4.69) is 90.7 Å². The summed E-state index contributed by atoms with van der Waals surface area (Å²) in [6, 6.07) is 22.3. The number of carbonyl (C=O) groups excluding carboxylic acids is 1. The molecule has 25 heavy (non-hydrogen) atoms. The first-order valence-corrected chi connectivity index (χ1v) is 13.5. The van der Waals surface area contributed by atoms with Gasteiger partial charge in [-0.25, -0.2) is 0 Å². The Kier molecular flexibility index (Phi) is 6.48. The molecule has 0 saturated carbocycles. The van der Waals surface area contributed by atoms with Gasteiger partial charge in [0, 0.05) is 6.42 Å². The lowest BCUT2D eigenvalue weighted by Crippen LogP contribution is -2.69. The van der Waals surface area contributed by atoms with E-state index in [4.69, 9.17) is 0 Å². The molecule has 1 saturated heterocycles. The Labute approximate surface area is 161 Å². The summed E-state index contributed by atoms with van der Waals surface area (Å²) in [5.41, 5.74) is 0. The van der Waals surface area contributed by atoms with E-state index in [0.717, 1.165) is 19.1 Å². The lowest BCUT2D eigenvalue weighted by molar-refractivity contribution is -0.107. The van der Waals surface area contributed by atoms with Gasteiger partial charge in [-0.1, -0.05) is 77.6 Å². The molecule has 0 spiro atoms. The van der Waals surface area contributed by atoms with E-state index in [1.165, 1.54) is 28.3 Å². The Morgan fingerprint density at radius 1 is 0.960 bits per heavy atom. The summed E-state index contributed by atoms with van der Waals surface area (Å²) in [7, 11) is -1.99. The monoisotopic (exact) mass is 386 g/mol. The molecule has 0 aliphatic carbocycles. The number of benzene rings is 2. The van der Waals surface area contributed by atoms with Gasteiger partial charge in [0.25, 0.3) is 0 Å². The number of unbranched alkanes of at least 4 members (excludes halogenated alkanes) is 1. The van der Waals surface area contributed by atoms with Gasteiger partial charge in [0.05, 0.1) is 3.70 Å². The molecule has 0 unspecified atom stereocenters. The third-order valence-electron chi connectivity index (χ3n) is 5.25. The van der Waals surface area contributed by atoms with Crippen molar-refractivity contribution in [1.29, 1.82) is 0 Å². The van der Waals surface area contributed by atoms with Crippen LogP contribution in [0, 0.1) is 0 Å². The molecule has 0 radical (unpaired) electrons. The predicted molar refractivity (Wildman–Crippen MR) is 116 cm³/mol. The van der Waals surface area contributed by atoms with Gasteiger partial charge in [-0.15, -0.1) is 23.5 Å². The summed E-state index contributed by atoms with van der Waals surface area (Å²) in [6.45, 7) is 2.55. The van der Waals surface area contributed by atoms with E-state index in [1.807, 2.05) is 0 Å². The average molecular weight is 387 g/mol. The fourth-order valence-electron chi connectivity index (χ4n) is 3.83. The Bertz CT molecular complexity index is 629. The zero-order chi connectivity index (χ0) is 17.6. The number of hydrogen-bond acceptors (Lipinski definition) is 3. The third-order valence-corrected chi connectivity index (χ3v) is 16.3. The maximum Gasteiger partial charge on any atom is 0.142 e. The standard InChI is InChI=1S/C21H26OS2Si/c1-25(19-11-4-2-5-12-19,20-13-6-3-7-14-20)21(15-8-9-16-22)23-17-10-18-24-21/h2-7,11-14,16H,8-10,15,17-18H2,1H3. The molecule has 0 atom stereocenters. The molecule has 1 fully saturated rings. The van der Waals surface area contributed by atoms with E-state index in [1.54, 1.807) is 0 Å². The van der Waals surface area contributed by atoms with E-state index >= 15 is 0 Å². The van der Waals surface area contributed by atoms with Crippen molar-refractivity contribution in [3.8, 4) is 0 Å². The smallest absolute Gasteiger partial charge is 0.142 e. The fraction of sp³-hybridized carbons (Fsp3) is 0.381. The molecule has 0 N–H and O–H groups in total. The van der Waals surface area contributed by atoms with Crippen LogP contribution in [0.2, 0.25) is 6.55 Å². The first kappa shape index (κ1) is 18.8. The zero-order valence-electron chi connectivity index (χ0n) is 14.8. The van der Waals surface area contributed by atoms with E-state index in [0.29, 0.717) is 6.42 Å². The van der Waals surface area contributed by atoms with Crippen LogP contribution in [0.5, 0.6) is 0 Å². The molecule has 1 aliphatic heterocycles. The minimum atomic E-state index is -1.99. The molecule has 0 aromatic heterocycles. The molecule has 2 aromatic rings. The highest BCUT2D eigenvalue weighted by atomic mass is 32.2. The molecule has 3 rings (SSSR count). The van der Waals surface area contributed by atoms with Crippen molar-refractivity contribution in [3.05, 3.63) is 60.7 Å². The SMILES string of the molecule is C[Si](c1ccccc1)(c1ccccc1)C1(CCCC=O)SCCCS1. The summed E-state index contributed by atoms with van der Waals surface area (Å²) in [5, 5.41) is 3.02. The molecular weight excluding hydrogens is 360 g/mol. The minimum absolute atomic E-state index is 0.205. The van der Waals surface area contributed by atoms with Crippen molar-refractivity contribution >= 4 is 48.3 Å². The number of hydrogen-bond donors (Lipinski definition) is 0. The van der Waals surface area contributed by atoms with Gasteiger partial charge in [0.1, 0.15) is 14.4 Å². The Morgan fingerprint density at radius 2 is 1.48 bits per heavy atom. The molecular formula is C21H26OS2Si. The van der Waals surface area contributed by atoms with E-state index in [-0.39, 0.29) is 3.70 Å². The van der Waals surface area contributed by atoms with Crippen molar-refractivity contribution in [2.24, 2.45) is 0 Å². The van der Waals surface area contributed by atoms with Crippen molar-refractivity contribution in [2.45, 2.75) is 35.9 Å². The van der Waals surface area contributed by atoms with Crippen molar-refractivity contribution < 1.29 is 4.79 Å². The summed E-state index contributed by atoms with van der Waals surface area (Å²) >= 11 is 4.33. The summed E-state index contributed by atoms with van der Waals surface area (Å²) < 4.78 is 0.205. The van der Waals surface area contributed by atoms with Crippen LogP contribution >= 0.6 is 23.5 Å². The summed E-state index contributed by atoms with van der Waals surface area (Å²) in [5.74, 6) is 2.46. The van der Waals surface area contributed by atoms with Gasteiger partial charge in [-0.3, -0.25) is 0 Å². The van der Waals surface area contributed by atoms with Crippen molar-refractivity contribution in [2.75, 3.05) is 11.5 Å². The van der Waals surface area contributed by atoms with Crippen LogP contribution in [0.3, 0.4) is 0 Å². The predicted octanol–water partition coefficient (Wildman–Crippen LogP) is 4.35. The van der Waals surface area contributed by atoms with Crippen LogP contribution in [0.4, 0.5) is 0 Å². The number of thioether (sulfide) groups is 2. The van der Waals surface area contributed by atoms with Crippen LogP contribution in [0.15, 0.2) is 60.7 Å². The number of rotatable bonds is 7. The van der Waals surface area contributed by atoms with Gasteiger partial charge < -0.3 is 4.79 Å². The highest BCUT2D eigenvalue weighted by Gasteiger charge is 2.53. The van der Waals surface area contributed by atoms with Crippen molar-refractivity contribution in [3.63, 3.8) is 0 Å². The van der Waals surface area contributed by atoms with Gasteiger partial charge in [0.2, 0.25) is 0 Å². The molecule has 1 nitrogen and oxygen atoms in total. The maximum atomic E-state index is 10.9. The zero-order valence-corrected chi connectivity index (χ0v) is 17.5. The molecule has 132 valence electrons. The topological polar surface area (TPSA) is 17.1 Å². The summed E-state index contributed by atoms with van der Waals surface area (Å²) in [4.78, 5) is 10.9. The third kappa shape index (κ3) is 3.76. The average Bonchev–Trinajstić information content (AvgIpc) is 2.69. The minimum Gasteiger partial charge on any atom is -0.303 e. The second-order valence-corrected chi connectivity index (χ2v) is 14.7. The lowest BCUT2D eigenvalue weighted by Gasteiger charge is -2.49. The summed E-state index contributed by atoms with van der Waals surface area (Å²) in [6.07, 6.45) is 5.16. The highest BCUT2D eigenvalue weighted by Crippen LogP contribution is 2.51. The van der Waals surface area contributed by atoms with Gasteiger partial charge >= 0.3 is 0 Å². The maximum absolute atomic E-state index is 10.9. The van der Waals surface area contributed by atoms with Crippen LogP contribution < -0.4 is 10.4 Å². The number of aldehydes is 1. The molecule has 1 aliphatic rings. The quantitative estimate of drug-likeness (QED) is 0.400. The Morgan fingerprint density at radius 3 is 1.96 bits per heavy atom. The fourth-order valence-corrected chi connectivity index (χ4v) is 14.6. The van der Waals surface area contributed by atoms with Gasteiger partial charge in [0.15, 0.2) is 0 Å². The second kappa shape index (κ2) is 8.61. The van der Waals surface area contributed by atoms with E-state index in [9.17, 15) is 4.79 Å². The second-order valence-electron chi connectivity index (χ2n) is 6.72. The Balaban J connectivity index is 2.12. The van der Waals surface area contributed by atoms with Crippen LogP contribution in [-0.2, 0) is 4.79 Å². The van der Waals surface area contributed by atoms with E-state index < -0.39 is 8.07 Å². The largest absolute Gasteiger partial charge is 0.303 e. The Hall–Kier alpha value is -0.973. The molecule has 0 bridgehead atoms. The van der Waals surface area contributed by atoms with Gasteiger partial charge in [-0.2, -0.15) is 0 Å². The first-order valence-electron chi connectivity index (χ1n) is 9.05. The van der Waals surface area contributed by atoms with Crippen LogP contribution in [0.1, 0.15) is 25.7 Å². The van der Waals surface area contributed by atoms with Crippen LogP contribution in [-0.4, -0.2) is 29.6 Å². The molecule has 2 aromatic carbocycles. The molecule has 1 heterocycles. The van der Waals surface area contributed by atoms with Gasteiger partial charge in [-0.05, 0) is 30.8 Å². The van der Waals surface area contributed by atoms with Crippen LogP contribution in [0.25, 0.3) is 0 Å². The molecule has 0 amide bonds. The lowest BCUT2D eigenvalue weighted by atomic mass is 10.3. The van der Waals surface area contributed by atoms with Crippen molar-refractivity contribution in [1.82, 2.24) is 0 Å². The highest BCUT2D eigenvalue weighted by molar-refractivity contribution is 8.21. The normalized spacial score (nSPS) is 17.2. The number of carbonyl (C=O) groups is 1. The molecule has 4 heteroatoms. The first-order chi connectivity index (χ1) is 12.2.